The molecule has 0 unspecified atom stereocenters. The first kappa shape index (κ1) is 16.6. The molecule has 21 heavy (non-hydrogen) atoms. The Hall–Kier alpha value is -0.783. The summed E-state index contributed by atoms with van der Waals surface area (Å²) in [5.74, 6) is 0.566. The second-order valence-electron chi connectivity index (χ2n) is 7.66. The van der Waals surface area contributed by atoms with Crippen molar-refractivity contribution in [3.8, 4) is 0 Å². The molecule has 0 radical (unpaired) electrons. The minimum atomic E-state index is -1.78. The molecule has 4 nitrogen and oxygen atoms in total. The first-order valence-electron chi connectivity index (χ1n) is 7.83. The minimum absolute atomic E-state index is 0.187. The van der Waals surface area contributed by atoms with Gasteiger partial charge in [-0.15, -0.1) is 0 Å². The second-order valence-corrected chi connectivity index (χ2v) is 12.5. The molecule has 0 aliphatic heterocycles. The van der Waals surface area contributed by atoms with Gasteiger partial charge in [0.25, 0.3) is 0 Å². The molecule has 5 heteroatoms. The van der Waals surface area contributed by atoms with Gasteiger partial charge in [-0.1, -0.05) is 20.8 Å². The summed E-state index contributed by atoms with van der Waals surface area (Å²) in [6.45, 7) is 11.7. The first-order chi connectivity index (χ1) is 9.64. The second kappa shape index (κ2) is 5.78. The zero-order valence-corrected chi connectivity index (χ0v) is 14.9. The fourth-order valence-electron chi connectivity index (χ4n) is 2.36. The van der Waals surface area contributed by atoms with Crippen molar-refractivity contribution in [1.29, 1.82) is 0 Å². The van der Waals surface area contributed by atoms with Crippen molar-refractivity contribution in [3.63, 3.8) is 0 Å². The molecule has 0 atom stereocenters. The van der Waals surface area contributed by atoms with E-state index in [0.29, 0.717) is 12.4 Å². The largest absolute Gasteiger partial charge is 0.411 e. The molecule has 118 valence electrons. The highest BCUT2D eigenvalue weighted by atomic mass is 28.4. The van der Waals surface area contributed by atoms with Crippen molar-refractivity contribution in [1.82, 2.24) is 9.97 Å². The van der Waals surface area contributed by atoms with Gasteiger partial charge in [-0.25, -0.2) is 9.97 Å². The van der Waals surface area contributed by atoms with Crippen LogP contribution in [-0.2, 0) is 16.6 Å². The van der Waals surface area contributed by atoms with Crippen LogP contribution >= 0.6 is 0 Å². The van der Waals surface area contributed by atoms with E-state index in [2.05, 4.69) is 43.8 Å². The lowest BCUT2D eigenvalue weighted by molar-refractivity contribution is 0.0346. The molecule has 0 aromatic carbocycles. The molecule has 2 rings (SSSR count). The number of rotatable bonds is 4. The van der Waals surface area contributed by atoms with Crippen molar-refractivity contribution >= 4 is 8.32 Å². The van der Waals surface area contributed by atoms with Gasteiger partial charge in [0.2, 0.25) is 0 Å². The Morgan fingerprint density at radius 3 is 2.48 bits per heavy atom. The zero-order valence-electron chi connectivity index (χ0n) is 13.9. The maximum absolute atomic E-state index is 10.6. The minimum Gasteiger partial charge on any atom is -0.411 e. The molecule has 1 fully saturated rings. The summed E-state index contributed by atoms with van der Waals surface area (Å²) < 4.78 is 6.20. The van der Waals surface area contributed by atoms with Crippen molar-refractivity contribution in [2.75, 3.05) is 0 Å². The van der Waals surface area contributed by atoms with Crippen LogP contribution in [0.25, 0.3) is 0 Å². The number of aliphatic hydroxyl groups is 1. The van der Waals surface area contributed by atoms with Gasteiger partial charge in [-0.2, -0.15) is 0 Å². The van der Waals surface area contributed by atoms with Crippen LogP contribution in [0.5, 0.6) is 0 Å². The standard InChI is InChI=1S/C16H28N2O2Si/c1-15(2,3)21(4,5)20-12-13-8-11-17-14(18-13)16(19)9-6-7-10-16/h8,11,19H,6-7,9-10,12H2,1-5H3. The van der Waals surface area contributed by atoms with Crippen molar-refractivity contribution in [2.24, 2.45) is 0 Å². The normalized spacial score (nSPS) is 19.0. The highest BCUT2D eigenvalue weighted by molar-refractivity contribution is 6.74. The van der Waals surface area contributed by atoms with E-state index in [1.165, 1.54) is 0 Å². The average molecular weight is 308 g/mol. The third-order valence-electron chi connectivity index (χ3n) is 4.95. The third-order valence-corrected chi connectivity index (χ3v) is 9.43. The van der Waals surface area contributed by atoms with Crippen LogP contribution in [0, 0.1) is 0 Å². The Morgan fingerprint density at radius 2 is 1.90 bits per heavy atom. The Labute approximate surface area is 129 Å². The lowest BCUT2D eigenvalue weighted by Gasteiger charge is -2.36. The summed E-state index contributed by atoms with van der Waals surface area (Å²) in [5.41, 5.74) is 0.0395. The van der Waals surface area contributed by atoms with Gasteiger partial charge in [0.05, 0.1) is 12.3 Å². The molecular formula is C16H28N2O2Si. The Bertz CT molecular complexity index is 491. The van der Waals surface area contributed by atoms with Gasteiger partial charge < -0.3 is 9.53 Å². The molecule has 1 aliphatic rings. The number of aromatic nitrogens is 2. The maximum Gasteiger partial charge on any atom is 0.192 e. The lowest BCUT2D eigenvalue weighted by Crippen LogP contribution is -2.40. The van der Waals surface area contributed by atoms with Gasteiger partial charge in [-0.3, -0.25) is 0 Å². The summed E-state index contributed by atoms with van der Waals surface area (Å²) >= 11 is 0. The zero-order chi connectivity index (χ0) is 15.7. The monoisotopic (exact) mass is 308 g/mol. The van der Waals surface area contributed by atoms with Crippen molar-refractivity contribution < 1.29 is 9.53 Å². The molecule has 1 aliphatic carbocycles. The van der Waals surface area contributed by atoms with Gasteiger partial charge >= 0.3 is 0 Å². The lowest BCUT2D eigenvalue weighted by atomic mass is 10.0. The topological polar surface area (TPSA) is 55.2 Å². The predicted molar refractivity (Wildman–Crippen MR) is 86.4 cm³/mol. The van der Waals surface area contributed by atoms with Crippen LogP contribution < -0.4 is 0 Å². The number of nitrogens with zero attached hydrogens (tertiary/aromatic N) is 2. The summed E-state index contributed by atoms with van der Waals surface area (Å²) in [6.07, 6.45) is 5.36. The van der Waals surface area contributed by atoms with E-state index in [9.17, 15) is 5.11 Å². The summed E-state index contributed by atoms with van der Waals surface area (Å²) in [6, 6.07) is 1.88. The summed E-state index contributed by atoms with van der Waals surface area (Å²) in [5, 5.41) is 10.8. The molecule has 1 aromatic heterocycles. The average Bonchev–Trinajstić information content (AvgIpc) is 2.84. The van der Waals surface area contributed by atoms with E-state index in [1.807, 2.05) is 6.07 Å². The summed E-state index contributed by atoms with van der Waals surface area (Å²) in [7, 11) is -1.78. The van der Waals surface area contributed by atoms with Crippen LogP contribution in [0.2, 0.25) is 18.1 Å². The van der Waals surface area contributed by atoms with Gasteiger partial charge in [0.15, 0.2) is 14.1 Å². The highest BCUT2D eigenvalue weighted by Gasteiger charge is 2.38. The van der Waals surface area contributed by atoms with Crippen LogP contribution in [0.4, 0.5) is 0 Å². The van der Waals surface area contributed by atoms with Crippen molar-refractivity contribution in [3.05, 3.63) is 23.8 Å². The van der Waals surface area contributed by atoms with Crippen LogP contribution in [0.1, 0.15) is 58.0 Å². The molecule has 0 bridgehead atoms. The molecule has 0 amide bonds. The molecule has 1 heterocycles. The van der Waals surface area contributed by atoms with E-state index < -0.39 is 13.9 Å². The van der Waals surface area contributed by atoms with Gasteiger partial charge in [0.1, 0.15) is 5.60 Å². The number of hydrogen-bond acceptors (Lipinski definition) is 4. The molecule has 0 spiro atoms. The Balaban J connectivity index is 2.09. The van der Waals surface area contributed by atoms with Crippen LogP contribution in [0.3, 0.4) is 0 Å². The SMILES string of the molecule is CC(C)(C)[Si](C)(C)OCc1ccnc(C2(O)CCCC2)n1. The van der Waals surface area contributed by atoms with E-state index in [-0.39, 0.29) is 5.04 Å². The third kappa shape index (κ3) is 3.70. The van der Waals surface area contributed by atoms with Gasteiger partial charge in [-0.05, 0) is 49.9 Å². The number of hydrogen-bond donors (Lipinski definition) is 1. The smallest absolute Gasteiger partial charge is 0.192 e. The predicted octanol–water partition coefficient (Wildman–Crippen LogP) is 3.76. The molecule has 1 N–H and O–H groups in total. The van der Waals surface area contributed by atoms with Gasteiger partial charge in [0, 0.05) is 6.20 Å². The molecule has 1 saturated carbocycles. The van der Waals surface area contributed by atoms with Crippen LogP contribution in [0.15, 0.2) is 12.3 Å². The van der Waals surface area contributed by atoms with E-state index in [1.54, 1.807) is 6.20 Å². The Kier molecular flexibility index (Phi) is 4.56. The summed E-state index contributed by atoms with van der Waals surface area (Å²) in [4.78, 5) is 8.83. The Morgan fingerprint density at radius 1 is 1.29 bits per heavy atom. The van der Waals surface area contributed by atoms with E-state index in [4.69, 9.17) is 4.43 Å². The fraction of sp³-hybridized carbons (Fsp3) is 0.750. The molecule has 0 saturated heterocycles. The van der Waals surface area contributed by atoms with Crippen molar-refractivity contribution in [2.45, 2.75) is 76.8 Å². The first-order valence-corrected chi connectivity index (χ1v) is 10.7. The van der Waals surface area contributed by atoms with Crippen LogP contribution in [-0.4, -0.2) is 23.4 Å². The fourth-order valence-corrected chi connectivity index (χ4v) is 3.30. The quantitative estimate of drug-likeness (QED) is 0.860. The molecule has 1 aromatic rings. The maximum atomic E-state index is 10.6. The molecular weight excluding hydrogens is 280 g/mol. The van der Waals surface area contributed by atoms with E-state index >= 15 is 0 Å². The van der Waals surface area contributed by atoms with E-state index in [0.717, 1.165) is 31.4 Å². The highest BCUT2D eigenvalue weighted by Crippen LogP contribution is 2.38.